The predicted octanol–water partition coefficient (Wildman–Crippen LogP) is 1.51. The van der Waals surface area contributed by atoms with Gasteiger partial charge in [0.05, 0.1) is 13.7 Å². The van der Waals surface area contributed by atoms with Crippen LogP contribution >= 0.6 is 15.9 Å². The van der Waals surface area contributed by atoms with E-state index in [4.69, 9.17) is 9.84 Å². The lowest BCUT2D eigenvalue weighted by Gasteiger charge is -2.16. The number of aliphatic hydroxyl groups excluding tert-OH is 1. The van der Waals surface area contributed by atoms with Crippen LogP contribution in [0.4, 0.5) is 0 Å². The number of hydrogen-bond donors (Lipinski definition) is 2. The lowest BCUT2D eigenvalue weighted by atomic mass is 10.3. The Kier molecular flexibility index (Phi) is 5.58. The van der Waals surface area contributed by atoms with Crippen molar-refractivity contribution in [3.63, 3.8) is 0 Å². The van der Waals surface area contributed by atoms with E-state index in [1.807, 2.05) is 0 Å². The highest BCUT2D eigenvalue weighted by Gasteiger charge is 2.22. The summed E-state index contributed by atoms with van der Waals surface area (Å²) in [7, 11) is -2.29. The van der Waals surface area contributed by atoms with E-state index in [0.717, 1.165) is 4.47 Å². The smallest absolute Gasteiger partial charge is 0.244 e. The van der Waals surface area contributed by atoms with Crippen LogP contribution in [0.1, 0.15) is 13.3 Å². The van der Waals surface area contributed by atoms with Crippen LogP contribution in [0, 0.1) is 0 Å². The van der Waals surface area contributed by atoms with Crippen molar-refractivity contribution in [3.8, 4) is 5.75 Å². The van der Waals surface area contributed by atoms with Crippen LogP contribution in [0.15, 0.2) is 27.6 Å². The molecule has 1 aromatic carbocycles. The van der Waals surface area contributed by atoms with Crippen molar-refractivity contribution < 1.29 is 18.3 Å². The third kappa shape index (κ3) is 3.68. The number of halogens is 1. The largest absolute Gasteiger partial charge is 0.495 e. The van der Waals surface area contributed by atoms with Crippen molar-refractivity contribution in [1.82, 2.24) is 4.72 Å². The summed E-state index contributed by atoms with van der Waals surface area (Å²) in [4.78, 5) is 0.0556. The normalized spacial score (nSPS) is 13.3. The summed E-state index contributed by atoms with van der Waals surface area (Å²) < 4.78 is 32.5. The molecule has 0 bridgehead atoms. The standard InChI is InChI=1S/C11H16BrNO4S/c1-3-9(7-14)13-18(15,16)11-5-4-8(12)6-10(11)17-2/h4-6,9,13-14H,3,7H2,1-2H3/t9-/m1/s1. The molecule has 5 nitrogen and oxygen atoms in total. The molecule has 0 unspecified atom stereocenters. The summed E-state index contributed by atoms with van der Waals surface area (Å²) in [5.41, 5.74) is 0. The molecule has 0 saturated carbocycles. The number of aliphatic hydroxyl groups is 1. The highest BCUT2D eigenvalue weighted by molar-refractivity contribution is 9.10. The monoisotopic (exact) mass is 337 g/mol. The number of nitrogens with one attached hydrogen (secondary N) is 1. The summed E-state index contributed by atoms with van der Waals surface area (Å²) in [5, 5.41) is 9.04. The average Bonchev–Trinajstić information content (AvgIpc) is 2.35. The van der Waals surface area contributed by atoms with Gasteiger partial charge in [0.25, 0.3) is 0 Å². The molecule has 7 heteroatoms. The number of rotatable bonds is 6. The molecular weight excluding hydrogens is 322 g/mol. The molecule has 0 heterocycles. The van der Waals surface area contributed by atoms with Gasteiger partial charge in [-0.25, -0.2) is 13.1 Å². The number of benzene rings is 1. The van der Waals surface area contributed by atoms with Gasteiger partial charge in [-0.15, -0.1) is 0 Å². The molecule has 18 heavy (non-hydrogen) atoms. The van der Waals surface area contributed by atoms with Gasteiger partial charge >= 0.3 is 0 Å². The first kappa shape index (κ1) is 15.4. The molecule has 0 aromatic heterocycles. The summed E-state index contributed by atoms with van der Waals surface area (Å²) in [6.07, 6.45) is 0.509. The Morgan fingerprint density at radius 2 is 2.17 bits per heavy atom. The van der Waals surface area contributed by atoms with Gasteiger partial charge in [-0.1, -0.05) is 22.9 Å². The van der Waals surface area contributed by atoms with E-state index in [1.165, 1.54) is 13.2 Å². The summed E-state index contributed by atoms with van der Waals surface area (Å²) in [6.45, 7) is 1.55. The molecule has 102 valence electrons. The van der Waals surface area contributed by atoms with Gasteiger partial charge in [0, 0.05) is 10.5 Å². The summed E-state index contributed by atoms with van der Waals surface area (Å²) >= 11 is 3.25. The van der Waals surface area contributed by atoms with Crippen LogP contribution in [-0.4, -0.2) is 33.3 Å². The van der Waals surface area contributed by atoms with Gasteiger partial charge in [0.2, 0.25) is 10.0 Å². The van der Waals surface area contributed by atoms with Crippen molar-refractivity contribution in [3.05, 3.63) is 22.7 Å². The highest BCUT2D eigenvalue weighted by Crippen LogP contribution is 2.27. The fraction of sp³-hybridized carbons (Fsp3) is 0.455. The molecule has 0 fully saturated rings. The Hall–Kier alpha value is -0.630. The zero-order valence-corrected chi connectivity index (χ0v) is 12.6. The Balaban J connectivity index is 3.12. The summed E-state index contributed by atoms with van der Waals surface area (Å²) in [6, 6.07) is 4.16. The minimum atomic E-state index is -3.70. The van der Waals surface area contributed by atoms with Crippen molar-refractivity contribution >= 4 is 26.0 Å². The fourth-order valence-corrected chi connectivity index (χ4v) is 3.20. The fourth-order valence-electron chi connectivity index (χ4n) is 1.40. The van der Waals surface area contributed by atoms with E-state index in [0.29, 0.717) is 6.42 Å². The molecule has 1 aromatic rings. The van der Waals surface area contributed by atoms with Gasteiger partial charge in [-0.05, 0) is 24.6 Å². The zero-order valence-electron chi connectivity index (χ0n) is 10.2. The van der Waals surface area contributed by atoms with E-state index in [9.17, 15) is 8.42 Å². The molecule has 0 amide bonds. The SMILES string of the molecule is CC[C@H](CO)NS(=O)(=O)c1ccc(Br)cc1OC. The predicted molar refractivity (Wildman–Crippen MR) is 72.2 cm³/mol. The molecular formula is C11H16BrNO4S. The lowest BCUT2D eigenvalue weighted by molar-refractivity contribution is 0.253. The maximum Gasteiger partial charge on any atom is 0.244 e. The van der Waals surface area contributed by atoms with Crippen LogP contribution in [0.3, 0.4) is 0 Å². The second kappa shape index (κ2) is 6.51. The minimum Gasteiger partial charge on any atom is -0.495 e. The lowest BCUT2D eigenvalue weighted by Crippen LogP contribution is -2.37. The number of sulfonamides is 1. The second-order valence-electron chi connectivity index (χ2n) is 3.70. The third-order valence-electron chi connectivity index (χ3n) is 2.45. The summed E-state index contributed by atoms with van der Waals surface area (Å²) in [5.74, 6) is 0.254. The van der Waals surface area contributed by atoms with Crippen molar-refractivity contribution in [2.75, 3.05) is 13.7 Å². The van der Waals surface area contributed by atoms with Gasteiger partial charge in [0.15, 0.2) is 0 Å². The number of methoxy groups -OCH3 is 1. The van der Waals surface area contributed by atoms with Crippen LogP contribution in [0.25, 0.3) is 0 Å². The molecule has 2 N–H and O–H groups in total. The molecule has 0 spiro atoms. The van der Waals surface area contributed by atoms with Crippen LogP contribution < -0.4 is 9.46 Å². The van der Waals surface area contributed by atoms with Crippen LogP contribution in [0.5, 0.6) is 5.75 Å². The highest BCUT2D eigenvalue weighted by atomic mass is 79.9. The Morgan fingerprint density at radius 1 is 1.50 bits per heavy atom. The third-order valence-corrected chi connectivity index (χ3v) is 4.50. The molecule has 0 aliphatic carbocycles. The molecule has 1 rings (SSSR count). The average molecular weight is 338 g/mol. The molecule has 0 radical (unpaired) electrons. The Labute approximate surface area is 115 Å². The maximum atomic E-state index is 12.1. The van der Waals surface area contributed by atoms with Crippen molar-refractivity contribution in [1.29, 1.82) is 0 Å². The van der Waals surface area contributed by atoms with E-state index >= 15 is 0 Å². The molecule has 1 atom stereocenters. The van der Waals surface area contributed by atoms with Crippen LogP contribution in [-0.2, 0) is 10.0 Å². The molecule has 0 saturated heterocycles. The van der Waals surface area contributed by atoms with Crippen molar-refractivity contribution in [2.24, 2.45) is 0 Å². The van der Waals surface area contributed by atoms with E-state index in [2.05, 4.69) is 20.7 Å². The topological polar surface area (TPSA) is 75.6 Å². The van der Waals surface area contributed by atoms with E-state index < -0.39 is 16.1 Å². The van der Waals surface area contributed by atoms with Gasteiger partial charge in [-0.3, -0.25) is 0 Å². The van der Waals surface area contributed by atoms with Gasteiger partial charge in [-0.2, -0.15) is 0 Å². The quantitative estimate of drug-likeness (QED) is 0.824. The van der Waals surface area contributed by atoms with Gasteiger partial charge in [0.1, 0.15) is 10.6 Å². The van der Waals surface area contributed by atoms with E-state index in [-0.39, 0.29) is 17.3 Å². The number of hydrogen-bond acceptors (Lipinski definition) is 4. The zero-order chi connectivity index (χ0) is 13.8. The number of ether oxygens (including phenoxy) is 1. The van der Waals surface area contributed by atoms with E-state index in [1.54, 1.807) is 19.1 Å². The maximum absolute atomic E-state index is 12.1. The van der Waals surface area contributed by atoms with Gasteiger partial charge < -0.3 is 9.84 Å². The first-order valence-electron chi connectivity index (χ1n) is 5.41. The second-order valence-corrected chi connectivity index (χ2v) is 6.30. The first-order chi connectivity index (χ1) is 8.44. The Morgan fingerprint density at radius 3 is 2.67 bits per heavy atom. The Bertz CT molecular complexity index is 500. The first-order valence-corrected chi connectivity index (χ1v) is 7.69. The molecule has 0 aliphatic rings. The molecule has 0 aliphatic heterocycles. The van der Waals surface area contributed by atoms with Crippen LogP contribution in [0.2, 0.25) is 0 Å². The van der Waals surface area contributed by atoms with Crippen molar-refractivity contribution in [2.45, 2.75) is 24.3 Å². The minimum absolute atomic E-state index is 0.0556.